The van der Waals surface area contributed by atoms with Crippen LogP contribution < -0.4 is 10.6 Å². The van der Waals surface area contributed by atoms with Crippen molar-refractivity contribution in [2.75, 3.05) is 11.6 Å². The van der Waals surface area contributed by atoms with Crippen molar-refractivity contribution in [3.63, 3.8) is 0 Å². The van der Waals surface area contributed by atoms with Crippen molar-refractivity contribution in [2.24, 2.45) is 5.41 Å². The maximum atomic E-state index is 15.7. The average molecular weight is 621 g/mol. The second kappa shape index (κ2) is 11.3. The van der Waals surface area contributed by atoms with Crippen LogP contribution in [-0.2, 0) is 20.0 Å². The number of rotatable bonds is 6. The first-order chi connectivity index (χ1) is 19.1. The molecule has 4 atom stereocenters. The third kappa shape index (κ3) is 6.12. The lowest BCUT2D eigenvalue weighted by molar-refractivity contribution is -0.118. The number of nitrogens with zero attached hydrogens (tertiary/aromatic N) is 1. The van der Waals surface area contributed by atoms with Crippen molar-refractivity contribution in [1.29, 1.82) is 5.26 Å². The Bertz CT molecular complexity index is 1640. The van der Waals surface area contributed by atoms with Crippen LogP contribution in [0.1, 0.15) is 44.2 Å². The SMILES string of the molecule is CC(C)(C)C[C@@H]1N[C@@H](C(=O)Nc2ccc(S(C)(=O)=O)cc2)[C@H](c2cccc(Cl)c2F)[C@@]1(C#N)c1ccc(Cl)cc1F. The molecule has 0 bridgehead atoms. The van der Waals surface area contributed by atoms with Crippen LogP contribution in [0.15, 0.2) is 65.6 Å². The molecule has 1 fully saturated rings. The molecule has 11 heteroatoms. The number of amides is 1. The van der Waals surface area contributed by atoms with Crippen LogP contribution in [0.3, 0.4) is 0 Å². The van der Waals surface area contributed by atoms with E-state index in [0.717, 1.165) is 12.3 Å². The van der Waals surface area contributed by atoms with Gasteiger partial charge >= 0.3 is 0 Å². The van der Waals surface area contributed by atoms with E-state index in [2.05, 4.69) is 16.7 Å². The van der Waals surface area contributed by atoms with E-state index in [0.29, 0.717) is 6.42 Å². The predicted molar refractivity (Wildman–Crippen MR) is 156 cm³/mol. The summed E-state index contributed by atoms with van der Waals surface area (Å²) >= 11 is 12.2. The summed E-state index contributed by atoms with van der Waals surface area (Å²) in [6, 6.07) is 14.1. The molecule has 3 aromatic carbocycles. The number of hydrogen-bond acceptors (Lipinski definition) is 5. The summed E-state index contributed by atoms with van der Waals surface area (Å²) in [5.74, 6) is -3.41. The number of hydrogen-bond donors (Lipinski definition) is 2. The van der Waals surface area contributed by atoms with E-state index in [9.17, 15) is 18.5 Å². The van der Waals surface area contributed by atoms with E-state index < -0.39 is 50.8 Å². The summed E-state index contributed by atoms with van der Waals surface area (Å²) in [6.07, 6.45) is 1.40. The smallest absolute Gasteiger partial charge is 0.242 e. The highest BCUT2D eigenvalue weighted by atomic mass is 35.5. The molecule has 0 aromatic heterocycles. The van der Waals surface area contributed by atoms with E-state index in [4.69, 9.17) is 23.2 Å². The molecule has 1 aliphatic heterocycles. The Morgan fingerprint density at radius 1 is 1.10 bits per heavy atom. The van der Waals surface area contributed by atoms with Gasteiger partial charge < -0.3 is 10.6 Å². The van der Waals surface area contributed by atoms with Gasteiger partial charge in [-0.05, 0) is 59.9 Å². The van der Waals surface area contributed by atoms with Crippen LogP contribution in [0.5, 0.6) is 0 Å². The summed E-state index contributed by atoms with van der Waals surface area (Å²) in [4.78, 5) is 14.0. The molecule has 0 radical (unpaired) electrons. The molecule has 1 amide bonds. The van der Waals surface area contributed by atoms with Gasteiger partial charge in [0, 0.05) is 34.5 Å². The van der Waals surface area contributed by atoms with Crippen LogP contribution >= 0.6 is 23.2 Å². The highest BCUT2D eigenvalue weighted by Gasteiger charge is 2.61. The Hall–Kier alpha value is -3.03. The number of benzene rings is 3. The van der Waals surface area contributed by atoms with Crippen molar-refractivity contribution < 1.29 is 22.0 Å². The molecule has 4 rings (SSSR count). The molecule has 1 heterocycles. The largest absolute Gasteiger partial charge is 0.325 e. The van der Waals surface area contributed by atoms with Crippen molar-refractivity contribution >= 4 is 44.6 Å². The number of halogens is 4. The fraction of sp³-hybridized carbons (Fsp3) is 0.333. The molecular formula is C30H29Cl2F2N3O3S. The monoisotopic (exact) mass is 619 g/mol. The molecule has 1 saturated heterocycles. The Kier molecular flexibility index (Phi) is 8.55. The quantitative estimate of drug-likeness (QED) is 0.322. The zero-order valence-corrected chi connectivity index (χ0v) is 25.1. The molecule has 6 nitrogen and oxygen atoms in total. The third-order valence-corrected chi connectivity index (χ3v) is 8.94. The molecule has 0 spiro atoms. The van der Waals surface area contributed by atoms with Crippen LogP contribution in [0.2, 0.25) is 10.0 Å². The van der Waals surface area contributed by atoms with Gasteiger partial charge in [-0.25, -0.2) is 17.2 Å². The van der Waals surface area contributed by atoms with Gasteiger partial charge in [-0.1, -0.05) is 62.2 Å². The number of carbonyl (C=O) groups excluding carboxylic acids is 1. The number of nitriles is 1. The van der Waals surface area contributed by atoms with Crippen molar-refractivity contribution in [2.45, 2.75) is 55.5 Å². The maximum absolute atomic E-state index is 15.7. The van der Waals surface area contributed by atoms with Gasteiger partial charge in [0.2, 0.25) is 5.91 Å². The van der Waals surface area contributed by atoms with E-state index in [-0.39, 0.29) is 37.2 Å². The van der Waals surface area contributed by atoms with Crippen LogP contribution in [0.25, 0.3) is 0 Å². The van der Waals surface area contributed by atoms with Gasteiger partial charge in [-0.2, -0.15) is 5.26 Å². The highest BCUT2D eigenvalue weighted by Crippen LogP contribution is 2.52. The number of nitrogens with one attached hydrogen (secondary N) is 2. The van der Waals surface area contributed by atoms with Crippen molar-refractivity contribution in [3.05, 3.63) is 93.5 Å². The first-order valence-electron chi connectivity index (χ1n) is 12.8. The highest BCUT2D eigenvalue weighted by molar-refractivity contribution is 7.90. The Labute approximate surface area is 248 Å². The van der Waals surface area contributed by atoms with Crippen LogP contribution in [-0.4, -0.2) is 32.7 Å². The zero-order chi connectivity index (χ0) is 30.3. The molecule has 0 unspecified atom stereocenters. The number of carbonyl (C=O) groups is 1. The summed E-state index contributed by atoms with van der Waals surface area (Å²) in [5.41, 5.74) is -1.90. The average Bonchev–Trinajstić information content (AvgIpc) is 3.18. The fourth-order valence-corrected chi connectivity index (χ4v) is 6.53. The molecular weight excluding hydrogens is 591 g/mol. The zero-order valence-electron chi connectivity index (χ0n) is 22.8. The molecule has 0 aliphatic carbocycles. The predicted octanol–water partition coefficient (Wildman–Crippen LogP) is 6.64. The van der Waals surface area contributed by atoms with E-state index in [1.165, 1.54) is 54.6 Å². The fourth-order valence-electron chi connectivity index (χ4n) is 5.56. The maximum Gasteiger partial charge on any atom is 0.242 e. The topological polar surface area (TPSA) is 99.1 Å². The van der Waals surface area contributed by atoms with E-state index >= 15 is 8.78 Å². The lowest BCUT2D eigenvalue weighted by Crippen LogP contribution is -2.45. The molecule has 0 saturated carbocycles. The summed E-state index contributed by atoms with van der Waals surface area (Å²) in [7, 11) is -3.46. The minimum atomic E-state index is -3.46. The normalized spacial score (nSPS) is 22.8. The molecule has 41 heavy (non-hydrogen) atoms. The van der Waals surface area contributed by atoms with Gasteiger partial charge in [-0.15, -0.1) is 0 Å². The second-order valence-electron chi connectivity index (χ2n) is 11.5. The first-order valence-corrected chi connectivity index (χ1v) is 15.4. The van der Waals surface area contributed by atoms with Crippen molar-refractivity contribution in [1.82, 2.24) is 5.32 Å². The molecule has 3 aromatic rings. The Morgan fingerprint density at radius 3 is 2.32 bits per heavy atom. The van der Waals surface area contributed by atoms with Gasteiger partial charge in [-0.3, -0.25) is 4.79 Å². The van der Waals surface area contributed by atoms with Crippen LogP contribution in [0.4, 0.5) is 14.5 Å². The van der Waals surface area contributed by atoms with Gasteiger partial charge in [0.15, 0.2) is 9.84 Å². The molecule has 2 N–H and O–H groups in total. The second-order valence-corrected chi connectivity index (χ2v) is 14.3. The standard InChI is InChI=1S/C30H29Cl2F2N3O3S/c1-29(2,3)15-24-30(16-35,21-13-8-17(31)14-23(21)33)25(20-6-5-7-22(32)26(20)34)27(37-24)28(38)36-18-9-11-19(12-10-18)41(4,39)40/h5-14,24-25,27,37H,15H2,1-4H3,(H,36,38)/t24-,25-,27+,30-/m0/s1. The Morgan fingerprint density at radius 2 is 1.76 bits per heavy atom. The lowest BCUT2D eigenvalue weighted by atomic mass is 9.62. The summed E-state index contributed by atoms with van der Waals surface area (Å²) < 4.78 is 55.1. The number of sulfone groups is 1. The molecule has 216 valence electrons. The van der Waals surface area contributed by atoms with Gasteiger partial charge in [0.1, 0.15) is 17.0 Å². The third-order valence-electron chi connectivity index (χ3n) is 7.28. The molecule has 1 aliphatic rings. The van der Waals surface area contributed by atoms with Crippen molar-refractivity contribution in [3.8, 4) is 6.07 Å². The minimum absolute atomic E-state index is 0.0233. The van der Waals surface area contributed by atoms with Gasteiger partial charge in [0.05, 0.1) is 22.0 Å². The van der Waals surface area contributed by atoms with Gasteiger partial charge in [0.25, 0.3) is 0 Å². The Balaban J connectivity index is 1.92. The number of anilines is 1. The van der Waals surface area contributed by atoms with E-state index in [1.54, 1.807) is 0 Å². The van der Waals surface area contributed by atoms with Crippen LogP contribution in [0, 0.1) is 28.4 Å². The lowest BCUT2D eigenvalue weighted by Gasteiger charge is -2.37. The summed E-state index contributed by atoms with van der Waals surface area (Å²) in [6.45, 7) is 5.84. The first kappa shape index (κ1) is 30.9. The summed E-state index contributed by atoms with van der Waals surface area (Å²) in [5, 5.41) is 16.8. The minimum Gasteiger partial charge on any atom is -0.325 e. The van der Waals surface area contributed by atoms with E-state index in [1.807, 2.05) is 20.8 Å².